The molecule has 0 heterocycles. The maximum absolute atomic E-state index is 13.4. The van der Waals surface area contributed by atoms with Gasteiger partial charge in [0.25, 0.3) is 0 Å². The van der Waals surface area contributed by atoms with Gasteiger partial charge in [-0.25, -0.2) is 4.39 Å². The van der Waals surface area contributed by atoms with Crippen LogP contribution < -0.4 is 5.73 Å². The van der Waals surface area contributed by atoms with Gasteiger partial charge in [-0.05, 0) is 31.4 Å². The molecule has 1 rings (SSSR count). The topological polar surface area (TPSA) is 26.0 Å². The van der Waals surface area contributed by atoms with Crippen LogP contribution in [0, 0.1) is 12.7 Å². The van der Waals surface area contributed by atoms with E-state index in [-0.39, 0.29) is 11.9 Å². The van der Waals surface area contributed by atoms with Crippen molar-refractivity contribution in [1.29, 1.82) is 0 Å². The molecule has 0 fully saturated rings. The lowest BCUT2D eigenvalue weighted by molar-refractivity contribution is 0.565. The fourth-order valence-corrected chi connectivity index (χ4v) is 1.39. The first-order chi connectivity index (χ1) is 6.65. The molecule has 1 aromatic rings. The van der Waals surface area contributed by atoms with Crippen LogP contribution in [-0.2, 0) is 0 Å². The maximum Gasteiger partial charge on any atom is 0.128 e. The molecule has 0 unspecified atom stereocenters. The van der Waals surface area contributed by atoms with E-state index in [0.29, 0.717) is 5.56 Å². The van der Waals surface area contributed by atoms with Crippen molar-refractivity contribution in [3.05, 3.63) is 47.8 Å². The molecule has 2 N–H and O–H groups in total. The second-order valence-electron chi connectivity index (χ2n) is 3.50. The summed E-state index contributed by atoms with van der Waals surface area (Å²) in [7, 11) is 0. The molecule has 0 bridgehead atoms. The molecule has 14 heavy (non-hydrogen) atoms. The molecular weight excluding hydrogens is 177 g/mol. The van der Waals surface area contributed by atoms with E-state index in [4.69, 9.17) is 5.73 Å². The number of hydrogen-bond acceptors (Lipinski definition) is 1. The van der Waals surface area contributed by atoms with Gasteiger partial charge >= 0.3 is 0 Å². The Bertz CT molecular complexity index is 320. The number of nitrogens with two attached hydrogens (primary N) is 1. The van der Waals surface area contributed by atoms with Crippen molar-refractivity contribution in [1.82, 2.24) is 0 Å². The normalized spacial score (nSPS) is 12.5. The van der Waals surface area contributed by atoms with Gasteiger partial charge in [0, 0.05) is 11.6 Å². The molecule has 1 aromatic carbocycles. The monoisotopic (exact) mass is 193 g/mol. The van der Waals surface area contributed by atoms with Crippen LogP contribution >= 0.6 is 0 Å². The molecule has 1 atom stereocenters. The Morgan fingerprint density at radius 2 is 2.29 bits per heavy atom. The molecule has 0 aliphatic heterocycles. The zero-order valence-electron chi connectivity index (χ0n) is 8.46. The third-order valence-corrected chi connectivity index (χ3v) is 2.24. The summed E-state index contributed by atoms with van der Waals surface area (Å²) in [5.41, 5.74) is 7.36. The van der Waals surface area contributed by atoms with E-state index in [9.17, 15) is 4.39 Å². The standard InChI is InChI=1S/C12H16FN/c1-3-4-5-12(14)10-7-6-9(2)8-11(10)13/h3,6-8,12H,1,4-5,14H2,2H3/t12-/m0/s1. The van der Waals surface area contributed by atoms with Crippen LogP contribution in [0.25, 0.3) is 0 Å². The van der Waals surface area contributed by atoms with Crippen molar-refractivity contribution in [2.24, 2.45) is 5.73 Å². The highest BCUT2D eigenvalue weighted by Gasteiger charge is 2.09. The molecule has 0 aliphatic carbocycles. The molecule has 0 aromatic heterocycles. The van der Waals surface area contributed by atoms with E-state index in [0.717, 1.165) is 18.4 Å². The Kier molecular flexibility index (Phi) is 3.84. The van der Waals surface area contributed by atoms with Crippen molar-refractivity contribution in [2.75, 3.05) is 0 Å². The van der Waals surface area contributed by atoms with Gasteiger partial charge in [-0.1, -0.05) is 18.2 Å². The highest BCUT2D eigenvalue weighted by molar-refractivity contribution is 5.25. The fraction of sp³-hybridized carbons (Fsp3) is 0.333. The molecule has 0 amide bonds. The summed E-state index contributed by atoms with van der Waals surface area (Å²) < 4.78 is 13.4. The molecule has 0 aliphatic rings. The average molecular weight is 193 g/mol. The van der Waals surface area contributed by atoms with Crippen LogP contribution in [0.4, 0.5) is 4.39 Å². The van der Waals surface area contributed by atoms with Crippen LogP contribution in [0.5, 0.6) is 0 Å². The van der Waals surface area contributed by atoms with Gasteiger partial charge in [0.1, 0.15) is 5.82 Å². The van der Waals surface area contributed by atoms with E-state index in [1.165, 1.54) is 6.07 Å². The number of allylic oxidation sites excluding steroid dienone is 1. The number of hydrogen-bond donors (Lipinski definition) is 1. The second-order valence-corrected chi connectivity index (χ2v) is 3.50. The summed E-state index contributed by atoms with van der Waals surface area (Å²) >= 11 is 0. The molecular formula is C12H16FN. The molecule has 0 saturated heterocycles. The number of aryl methyl sites for hydroxylation is 1. The highest BCUT2D eigenvalue weighted by atomic mass is 19.1. The zero-order valence-corrected chi connectivity index (χ0v) is 8.46. The van der Waals surface area contributed by atoms with Gasteiger partial charge in [-0.2, -0.15) is 0 Å². The highest BCUT2D eigenvalue weighted by Crippen LogP contribution is 2.20. The summed E-state index contributed by atoms with van der Waals surface area (Å²) in [6, 6.07) is 4.93. The third-order valence-electron chi connectivity index (χ3n) is 2.24. The molecule has 2 heteroatoms. The van der Waals surface area contributed by atoms with Crippen molar-refractivity contribution in [3.63, 3.8) is 0 Å². The molecule has 1 nitrogen and oxygen atoms in total. The van der Waals surface area contributed by atoms with Gasteiger partial charge in [-0.3, -0.25) is 0 Å². The summed E-state index contributed by atoms with van der Waals surface area (Å²) in [5, 5.41) is 0. The van der Waals surface area contributed by atoms with Crippen molar-refractivity contribution >= 4 is 0 Å². The smallest absolute Gasteiger partial charge is 0.128 e. The van der Waals surface area contributed by atoms with Crippen LogP contribution in [0.15, 0.2) is 30.9 Å². The van der Waals surface area contributed by atoms with Gasteiger partial charge in [0.05, 0.1) is 0 Å². The maximum atomic E-state index is 13.4. The summed E-state index contributed by atoms with van der Waals surface area (Å²) in [6.07, 6.45) is 3.35. The Hall–Kier alpha value is -1.15. The van der Waals surface area contributed by atoms with Crippen LogP contribution in [0.2, 0.25) is 0 Å². The Labute approximate surface area is 84.4 Å². The molecule has 0 saturated carbocycles. The first-order valence-corrected chi connectivity index (χ1v) is 4.77. The number of halogens is 1. The van der Waals surface area contributed by atoms with Crippen molar-refractivity contribution in [3.8, 4) is 0 Å². The summed E-state index contributed by atoms with van der Waals surface area (Å²) in [6.45, 7) is 5.48. The quantitative estimate of drug-likeness (QED) is 0.730. The van der Waals surface area contributed by atoms with Gasteiger partial charge in [-0.15, -0.1) is 6.58 Å². The van der Waals surface area contributed by atoms with E-state index in [1.54, 1.807) is 12.1 Å². The SMILES string of the molecule is C=CCC[C@H](N)c1ccc(C)cc1F. The van der Waals surface area contributed by atoms with E-state index in [1.807, 2.05) is 13.0 Å². The number of rotatable bonds is 4. The molecule has 76 valence electrons. The predicted octanol–water partition coefficient (Wildman–Crippen LogP) is 3.10. The Morgan fingerprint density at radius 1 is 1.57 bits per heavy atom. The average Bonchev–Trinajstić information content (AvgIpc) is 2.14. The van der Waals surface area contributed by atoms with E-state index < -0.39 is 0 Å². The fourth-order valence-electron chi connectivity index (χ4n) is 1.39. The minimum Gasteiger partial charge on any atom is -0.324 e. The first kappa shape index (κ1) is 10.9. The summed E-state index contributed by atoms with van der Waals surface area (Å²) in [4.78, 5) is 0. The minimum atomic E-state index is -0.228. The van der Waals surface area contributed by atoms with E-state index >= 15 is 0 Å². The van der Waals surface area contributed by atoms with Gasteiger partial charge in [0.15, 0.2) is 0 Å². The summed E-state index contributed by atoms with van der Waals surface area (Å²) in [5.74, 6) is -0.207. The van der Waals surface area contributed by atoms with Crippen LogP contribution in [0.1, 0.15) is 30.0 Å². The Morgan fingerprint density at radius 3 is 2.86 bits per heavy atom. The van der Waals surface area contributed by atoms with E-state index in [2.05, 4.69) is 6.58 Å². The van der Waals surface area contributed by atoms with Crippen LogP contribution in [0.3, 0.4) is 0 Å². The lowest BCUT2D eigenvalue weighted by Crippen LogP contribution is -2.11. The lowest BCUT2D eigenvalue weighted by atomic mass is 10.0. The molecule has 0 radical (unpaired) electrons. The second kappa shape index (κ2) is 4.91. The zero-order chi connectivity index (χ0) is 10.6. The van der Waals surface area contributed by atoms with Crippen LogP contribution in [-0.4, -0.2) is 0 Å². The van der Waals surface area contributed by atoms with Gasteiger partial charge in [0.2, 0.25) is 0 Å². The Balaban J connectivity index is 2.78. The lowest BCUT2D eigenvalue weighted by Gasteiger charge is -2.12. The predicted molar refractivity (Wildman–Crippen MR) is 57.5 cm³/mol. The molecule has 0 spiro atoms. The minimum absolute atomic E-state index is 0.207. The largest absolute Gasteiger partial charge is 0.324 e. The van der Waals surface area contributed by atoms with Crippen molar-refractivity contribution < 1.29 is 4.39 Å². The third kappa shape index (κ3) is 2.67. The number of benzene rings is 1. The van der Waals surface area contributed by atoms with Gasteiger partial charge < -0.3 is 5.73 Å². The van der Waals surface area contributed by atoms with Crippen molar-refractivity contribution in [2.45, 2.75) is 25.8 Å². The first-order valence-electron chi connectivity index (χ1n) is 4.77.